The van der Waals surface area contributed by atoms with Crippen molar-refractivity contribution in [3.63, 3.8) is 0 Å². The van der Waals surface area contributed by atoms with E-state index in [1.165, 1.54) is 11.3 Å². The Morgan fingerprint density at radius 3 is 2.59 bits per heavy atom. The molecule has 0 bridgehead atoms. The van der Waals surface area contributed by atoms with Gasteiger partial charge in [0.05, 0.1) is 0 Å². The first-order valence-electron chi connectivity index (χ1n) is 9.70. The summed E-state index contributed by atoms with van der Waals surface area (Å²) in [6.45, 7) is 1.55. The summed E-state index contributed by atoms with van der Waals surface area (Å²) in [5.41, 5.74) is 7.99. The maximum absolute atomic E-state index is 12.4. The molecule has 1 aromatic heterocycles. The van der Waals surface area contributed by atoms with Crippen molar-refractivity contribution in [1.29, 1.82) is 0 Å². The van der Waals surface area contributed by atoms with Crippen LogP contribution in [0.2, 0.25) is 0 Å². The minimum Gasteiger partial charge on any atom is -0.445 e. The molecule has 2 aromatic rings. The number of anilines is 1. The number of hydrogen-bond acceptors (Lipinski definition) is 6. The number of benzene rings is 1. The number of hydrogen-bond donors (Lipinski definition) is 1. The van der Waals surface area contributed by atoms with E-state index >= 15 is 0 Å². The van der Waals surface area contributed by atoms with Gasteiger partial charge in [0, 0.05) is 22.5 Å². The number of rotatable bonds is 3. The van der Waals surface area contributed by atoms with E-state index < -0.39 is 5.97 Å². The molecule has 1 spiro atoms. The SMILES string of the molecule is Nc1sc2c(c1C(=O)OF)CCC1(CCN(C(=O)OCc3ccccc3)CC1)C2. The minimum absolute atomic E-state index is 0.0807. The highest BCUT2D eigenvalue weighted by atomic mass is 32.1. The van der Waals surface area contributed by atoms with Crippen LogP contribution in [-0.4, -0.2) is 30.1 Å². The molecule has 0 unspecified atom stereocenters. The number of halogens is 1. The van der Waals surface area contributed by atoms with E-state index in [0.717, 1.165) is 41.7 Å². The molecule has 1 amide bonds. The minimum atomic E-state index is -1.01. The Morgan fingerprint density at radius 1 is 1.17 bits per heavy atom. The monoisotopic (exact) mass is 418 g/mol. The fourth-order valence-corrected chi connectivity index (χ4v) is 5.70. The zero-order valence-electron chi connectivity index (χ0n) is 16.0. The maximum atomic E-state index is 12.4. The highest BCUT2D eigenvalue weighted by Crippen LogP contribution is 2.48. The Kier molecular flexibility index (Phi) is 5.45. The highest BCUT2D eigenvalue weighted by molar-refractivity contribution is 7.16. The molecule has 1 aliphatic carbocycles. The summed E-state index contributed by atoms with van der Waals surface area (Å²) in [6.07, 6.45) is 3.81. The van der Waals surface area contributed by atoms with Crippen molar-refractivity contribution < 1.29 is 23.8 Å². The van der Waals surface area contributed by atoms with Crippen LogP contribution in [0.3, 0.4) is 0 Å². The summed E-state index contributed by atoms with van der Waals surface area (Å²) >= 11 is 1.35. The van der Waals surface area contributed by atoms with E-state index in [0.29, 0.717) is 24.5 Å². The van der Waals surface area contributed by atoms with Crippen LogP contribution in [0.25, 0.3) is 0 Å². The third-order valence-electron chi connectivity index (χ3n) is 6.12. The molecule has 1 fully saturated rings. The lowest BCUT2D eigenvalue weighted by Gasteiger charge is -2.43. The molecule has 0 radical (unpaired) electrons. The smallest absolute Gasteiger partial charge is 0.410 e. The molecule has 2 heterocycles. The molecule has 1 aromatic carbocycles. The summed E-state index contributed by atoms with van der Waals surface area (Å²) in [5, 5.41) is 0.316. The quantitative estimate of drug-likeness (QED) is 0.805. The summed E-state index contributed by atoms with van der Waals surface area (Å²) in [5.74, 6) is -1.01. The van der Waals surface area contributed by atoms with E-state index in [1.807, 2.05) is 30.3 Å². The molecule has 154 valence electrons. The lowest BCUT2D eigenvalue weighted by Crippen LogP contribution is -2.45. The van der Waals surface area contributed by atoms with Crippen molar-refractivity contribution in [1.82, 2.24) is 4.90 Å². The van der Waals surface area contributed by atoms with Crippen molar-refractivity contribution >= 4 is 28.4 Å². The highest BCUT2D eigenvalue weighted by Gasteiger charge is 2.41. The molecule has 4 rings (SSSR count). The number of thiophene rings is 1. The third kappa shape index (κ3) is 3.94. The molecule has 2 N–H and O–H groups in total. The van der Waals surface area contributed by atoms with Gasteiger partial charge in [-0.05, 0) is 48.6 Å². The van der Waals surface area contributed by atoms with Crippen LogP contribution >= 0.6 is 11.3 Å². The second kappa shape index (κ2) is 8.02. The number of ether oxygens (including phenoxy) is 1. The third-order valence-corrected chi connectivity index (χ3v) is 7.18. The first kappa shape index (κ1) is 19.7. The number of carbonyl (C=O) groups excluding carboxylic acids is 2. The Morgan fingerprint density at radius 2 is 1.90 bits per heavy atom. The number of nitrogen functional groups attached to an aromatic ring is 1. The van der Waals surface area contributed by atoms with Gasteiger partial charge in [-0.1, -0.05) is 30.3 Å². The van der Waals surface area contributed by atoms with E-state index in [4.69, 9.17) is 10.5 Å². The number of likely N-dealkylation sites (tertiary alicyclic amines) is 1. The first-order chi connectivity index (χ1) is 14.0. The normalized spacial score (nSPS) is 17.6. The van der Waals surface area contributed by atoms with Crippen molar-refractivity contribution in [3.8, 4) is 0 Å². The first-order valence-corrected chi connectivity index (χ1v) is 10.5. The Hall–Kier alpha value is -2.61. The second-order valence-electron chi connectivity index (χ2n) is 7.81. The van der Waals surface area contributed by atoms with Gasteiger partial charge in [-0.3, -0.25) is 0 Å². The molecular formula is C21H23FN2O4S. The fourth-order valence-electron chi connectivity index (χ4n) is 4.42. The molecule has 1 saturated heterocycles. The molecule has 1 aliphatic heterocycles. The van der Waals surface area contributed by atoms with E-state index in [1.54, 1.807) is 4.90 Å². The predicted octanol–water partition coefficient (Wildman–Crippen LogP) is 4.28. The Bertz CT molecular complexity index is 907. The fraction of sp³-hybridized carbons (Fsp3) is 0.429. The van der Waals surface area contributed by atoms with Crippen LogP contribution in [0.5, 0.6) is 0 Å². The summed E-state index contributed by atoms with van der Waals surface area (Å²) in [7, 11) is 0. The number of amides is 1. The average molecular weight is 418 g/mol. The van der Waals surface area contributed by atoms with Gasteiger partial charge in [-0.15, -0.1) is 11.3 Å². The molecule has 8 heteroatoms. The number of fused-ring (bicyclic) bond motifs is 1. The van der Waals surface area contributed by atoms with Crippen LogP contribution in [0.1, 0.15) is 45.6 Å². The predicted molar refractivity (Wildman–Crippen MR) is 107 cm³/mol. The van der Waals surface area contributed by atoms with Crippen molar-refractivity contribution in [3.05, 3.63) is 51.9 Å². The van der Waals surface area contributed by atoms with E-state index in [2.05, 4.69) is 4.94 Å². The second-order valence-corrected chi connectivity index (χ2v) is 8.95. The lowest BCUT2D eigenvalue weighted by molar-refractivity contribution is -0.0788. The van der Waals surface area contributed by atoms with E-state index in [-0.39, 0.29) is 23.7 Å². The zero-order valence-corrected chi connectivity index (χ0v) is 16.8. The zero-order chi connectivity index (χ0) is 20.4. The lowest BCUT2D eigenvalue weighted by atomic mass is 9.68. The molecule has 6 nitrogen and oxygen atoms in total. The summed E-state index contributed by atoms with van der Waals surface area (Å²) < 4.78 is 17.8. The van der Waals surface area contributed by atoms with Gasteiger partial charge in [0.15, 0.2) is 0 Å². The number of nitrogens with two attached hydrogens (primary N) is 1. The van der Waals surface area contributed by atoms with Crippen LogP contribution in [0, 0.1) is 5.41 Å². The molecule has 0 atom stereocenters. The van der Waals surface area contributed by atoms with Gasteiger partial charge in [-0.25, -0.2) is 14.5 Å². The van der Waals surface area contributed by atoms with Gasteiger partial charge >= 0.3 is 12.1 Å². The number of nitrogens with zero attached hydrogens (tertiary/aromatic N) is 1. The van der Waals surface area contributed by atoms with Crippen molar-refractivity contribution in [2.45, 2.75) is 38.7 Å². The maximum Gasteiger partial charge on any atom is 0.410 e. The van der Waals surface area contributed by atoms with Crippen LogP contribution in [-0.2, 0) is 29.1 Å². The number of carbonyl (C=O) groups is 2. The Balaban J connectivity index is 1.36. The largest absolute Gasteiger partial charge is 0.445 e. The summed E-state index contributed by atoms with van der Waals surface area (Å²) in [4.78, 5) is 30.3. The van der Waals surface area contributed by atoms with Gasteiger partial charge < -0.3 is 15.4 Å². The molecule has 2 aliphatic rings. The molecule has 0 saturated carbocycles. The van der Waals surface area contributed by atoms with Gasteiger partial charge in [-0.2, -0.15) is 0 Å². The number of piperidine rings is 1. The van der Waals surface area contributed by atoms with Crippen LogP contribution in [0.15, 0.2) is 30.3 Å². The Labute approximate surface area is 172 Å². The van der Waals surface area contributed by atoms with Crippen molar-refractivity contribution in [2.24, 2.45) is 5.41 Å². The van der Waals surface area contributed by atoms with Crippen molar-refractivity contribution in [2.75, 3.05) is 18.8 Å². The topological polar surface area (TPSA) is 81.9 Å². The standard InChI is InChI=1S/C21H23FN2O4S/c22-28-19(25)17-15-6-7-21(12-16(15)29-18(17)23)8-10-24(11-9-21)20(26)27-13-14-4-2-1-3-5-14/h1-5H,6-13,23H2. The van der Waals surface area contributed by atoms with Gasteiger partial charge in [0.2, 0.25) is 0 Å². The summed E-state index contributed by atoms with van der Waals surface area (Å²) in [6, 6.07) is 9.62. The average Bonchev–Trinajstić information content (AvgIpc) is 3.07. The van der Waals surface area contributed by atoms with Crippen LogP contribution < -0.4 is 5.73 Å². The molecule has 29 heavy (non-hydrogen) atoms. The van der Waals surface area contributed by atoms with Gasteiger partial charge in [0.25, 0.3) is 0 Å². The van der Waals surface area contributed by atoms with Crippen LogP contribution in [0.4, 0.5) is 14.3 Å². The van der Waals surface area contributed by atoms with Gasteiger partial charge in [0.1, 0.15) is 17.2 Å². The van der Waals surface area contributed by atoms with E-state index in [9.17, 15) is 14.1 Å². The molecular weight excluding hydrogens is 395 g/mol.